The van der Waals surface area contributed by atoms with Gasteiger partial charge in [-0.25, -0.2) is 9.50 Å². The van der Waals surface area contributed by atoms with Crippen LogP contribution in [0.1, 0.15) is 28.7 Å². The van der Waals surface area contributed by atoms with Crippen LogP contribution in [0.5, 0.6) is 0 Å². The van der Waals surface area contributed by atoms with Gasteiger partial charge in [-0.3, -0.25) is 4.79 Å². The van der Waals surface area contributed by atoms with Gasteiger partial charge in [0, 0.05) is 21.4 Å². The molecule has 0 saturated carbocycles. The van der Waals surface area contributed by atoms with E-state index in [9.17, 15) is 4.79 Å². The minimum Gasteiger partial charge on any atom is -0.293 e. The summed E-state index contributed by atoms with van der Waals surface area (Å²) in [5.74, 6) is 0.621. The third-order valence-electron chi connectivity index (χ3n) is 3.38. The van der Waals surface area contributed by atoms with Crippen LogP contribution >= 0.6 is 27.7 Å². The average molecular weight is 391 g/mol. The van der Waals surface area contributed by atoms with E-state index < -0.39 is 0 Å². The predicted octanol–water partition coefficient (Wildman–Crippen LogP) is 3.87. The zero-order valence-corrected chi connectivity index (χ0v) is 15.3. The van der Waals surface area contributed by atoms with Crippen LogP contribution in [0.15, 0.2) is 40.0 Å². The van der Waals surface area contributed by atoms with Crippen LogP contribution in [0, 0.1) is 13.8 Å². The Hall–Kier alpha value is -1.73. The fraction of sp³-hybridized carbons (Fsp3) is 0.250. The van der Waals surface area contributed by atoms with Crippen molar-refractivity contribution >= 4 is 39.3 Å². The number of halogens is 1. The Balaban J connectivity index is 1.82. The minimum atomic E-state index is -0.269. The fourth-order valence-electron chi connectivity index (χ4n) is 2.26. The molecular formula is C16H15BrN4OS. The van der Waals surface area contributed by atoms with Crippen LogP contribution in [-0.2, 0) is 0 Å². The maximum atomic E-state index is 12.5. The van der Waals surface area contributed by atoms with Gasteiger partial charge in [-0.15, -0.1) is 5.10 Å². The van der Waals surface area contributed by atoms with Gasteiger partial charge in [-0.05, 0) is 39.0 Å². The molecule has 23 heavy (non-hydrogen) atoms. The molecule has 118 valence electrons. The summed E-state index contributed by atoms with van der Waals surface area (Å²) in [4.78, 5) is 21.3. The number of benzene rings is 1. The first-order valence-corrected chi connectivity index (χ1v) is 8.79. The zero-order valence-electron chi connectivity index (χ0n) is 12.9. The van der Waals surface area contributed by atoms with Crippen molar-refractivity contribution in [3.05, 3.63) is 51.8 Å². The second-order valence-corrected chi connectivity index (χ2v) is 7.50. The second-order valence-electron chi connectivity index (χ2n) is 5.28. The van der Waals surface area contributed by atoms with Crippen molar-refractivity contribution in [1.29, 1.82) is 0 Å². The summed E-state index contributed by atoms with van der Waals surface area (Å²) in [7, 11) is 0. The van der Waals surface area contributed by atoms with Gasteiger partial charge >= 0.3 is 0 Å². The second kappa shape index (κ2) is 6.41. The highest BCUT2D eigenvalue weighted by molar-refractivity contribution is 9.10. The number of carbonyl (C=O) groups is 1. The first kappa shape index (κ1) is 16.1. The molecule has 0 unspecified atom stereocenters. The van der Waals surface area contributed by atoms with Crippen LogP contribution in [0.3, 0.4) is 0 Å². The van der Waals surface area contributed by atoms with E-state index in [0.717, 1.165) is 15.9 Å². The fourth-order valence-corrected chi connectivity index (χ4v) is 3.35. The molecule has 0 saturated heterocycles. The lowest BCUT2D eigenvalue weighted by atomic mass is 10.1. The maximum absolute atomic E-state index is 12.5. The van der Waals surface area contributed by atoms with E-state index >= 15 is 0 Å². The SMILES string of the molecule is Cc1cc(C)n2nc(S[C@H](C)C(=O)c3ccc(Br)cc3)nc2n1. The zero-order chi connectivity index (χ0) is 16.6. The number of aromatic nitrogens is 4. The smallest absolute Gasteiger partial charge is 0.253 e. The van der Waals surface area contributed by atoms with Crippen LogP contribution < -0.4 is 0 Å². The largest absolute Gasteiger partial charge is 0.293 e. The van der Waals surface area contributed by atoms with Gasteiger partial charge in [0.15, 0.2) is 5.78 Å². The number of fused-ring (bicyclic) bond motifs is 1. The van der Waals surface area contributed by atoms with Gasteiger partial charge in [0.2, 0.25) is 5.16 Å². The van der Waals surface area contributed by atoms with Gasteiger partial charge in [0.25, 0.3) is 5.78 Å². The summed E-state index contributed by atoms with van der Waals surface area (Å²) in [6, 6.07) is 9.31. The first-order valence-electron chi connectivity index (χ1n) is 7.11. The van der Waals surface area contributed by atoms with Crippen molar-refractivity contribution in [2.45, 2.75) is 31.2 Å². The van der Waals surface area contributed by atoms with Gasteiger partial charge in [0.05, 0.1) is 5.25 Å². The van der Waals surface area contributed by atoms with Crippen molar-refractivity contribution in [3.8, 4) is 0 Å². The van der Waals surface area contributed by atoms with Crippen molar-refractivity contribution in [2.24, 2.45) is 0 Å². The molecule has 1 atom stereocenters. The van der Waals surface area contributed by atoms with E-state index in [-0.39, 0.29) is 11.0 Å². The lowest BCUT2D eigenvalue weighted by molar-refractivity contribution is 0.0994. The molecular weight excluding hydrogens is 376 g/mol. The molecule has 0 fully saturated rings. The normalized spacial score (nSPS) is 12.5. The molecule has 0 radical (unpaired) electrons. The van der Waals surface area contributed by atoms with Gasteiger partial charge in [-0.2, -0.15) is 4.98 Å². The van der Waals surface area contributed by atoms with Crippen molar-refractivity contribution in [3.63, 3.8) is 0 Å². The Kier molecular flexibility index (Phi) is 4.50. The number of hydrogen-bond donors (Lipinski definition) is 0. The number of carbonyl (C=O) groups excluding carboxylic acids is 1. The Bertz CT molecular complexity index is 876. The molecule has 2 heterocycles. The Labute approximate surface area is 146 Å². The van der Waals surface area contributed by atoms with Crippen molar-refractivity contribution < 1.29 is 4.79 Å². The molecule has 2 aromatic heterocycles. The molecule has 0 amide bonds. The van der Waals surface area contributed by atoms with Gasteiger partial charge in [-0.1, -0.05) is 39.8 Å². The number of hydrogen-bond acceptors (Lipinski definition) is 5. The number of Topliss-reactive ketones (excluding diaryl/α,β-unsaturated/α-hetero) is 1. The van der Waals surface area contributed by atoms with Crippen molar-refractivity contribution in [2.75, 3.05) is 0 Å². The summed E-state index contributed by atoms with van der Waals surface area (Å²) in [5, 5.41) is 4.72. The average Bonchev–Trinajstić information content (AvgIpc) is 2.90. The predicted molar refractivity (Wildman–Crippen MR) is 94.0 cm³/mol. The number of nitrogens with zero attached hydrogens (tertiary/aromatic N) is 4. The molecule has 0 bridgehead atoms. The summed E-state index contributed by atoms with van der Waals surface area (Å²) in [6.45, 7) is 5.75. The van der Waals surface area contributed by atoms with E-state index in [1.807, 2.05) is 51.1 Å². The number of ketones is 1. The number of aryl methyl sites for hydroxylation is 2. The van der Waals surface area contributed by atoms with E-state index in [2.05, 4.69) is 31.0 Å². The lowest BCUT2D eigenvalue weighted by Gasteiger charge is -2.07. The monoisotopic (exact) mass is 390 g/mol. The molecule has 0 aliphatic rings. The summed E-state index contributed by atoms with van der Waals surface area (Å²) in [6.07, 6.45) is 0. The molecule has 1 aromatic carbocycles. The van der Waals surface area contributed by atoms with E-state index in [4.69, 9.17) is 0 Å². The van der Waals surface area contributed by atoms with Crippen LogP contribution in [0.2, 0.25) is 0 Å². The molecule has 0 aliphatic heterocycles. The Morgan fingerprint density at radius 1 is 1.22 bits per heavy atom. The van der Waals surface area contributed by atoms with Gasteiger partial charge < -0.3 is 0 Å². The first-order chi connectivity index (χ1) is 10.9. The Morgan fingerprint density at radius 2 is 1.91 bits per heavy atom. The van der Waals surface area contributed by atoms with Crippen molar-refractivity contribution in [1.82, 2.24) is 19.6 Å². The summed E-state index contributed by atoms with van der Waals surface area (Å²) >= 11 is 4.72. The third-order valence-corrected chi connectivity index (χ3v) is 4.86. The number of thioether (sulfide) groups is 1. The van der Waals surface area contributed by atoms with Crippen LogP contribution in [0.25, 0.3) is 5.78 Å². The molecule has 7 heteroatoms. The third kappa shape index (κ3) is 3.45. The van der Waals surface area contributed by atoms with Crippen LogP contribution in [-0.4, -0.2) is 30.6 Å². The summed E-state index contributed by atoms with van der Waals surface area (Å²) < 4.78 is 2.65. The number of rotatable bonds is 4. The lowest BCUT2D eigenvalue weighted by Crippen LogP contribution is -2.13. The standard InChI is InChI=1S/C16H15BrN4OS/c1-9-8-10(2)21-15(18-9)19-16(20-21)23-11(3)14(22)12-4-6-13(17)7-5-12/h4-8,11H,1-3H3/t11-/m1/s1. The molecule has 3 rings (SSSR count). The minimum absolute atomic E-state index is 0.0576. The van der Waals surface area contributed by atoms with E-state index in [0.29, 0.717) is 16.5 Å². The van der Waals surface area contributed by atoms with Crippen LogP contribution in [0.4, 0.5) is 0 Å². The van der Waals surface area contributed by atoms with Gasteiger partial charge in [0.1, 0.15) is 0 Å². The highest BCUT2D eigenvalue weighted by Gasteiger charge is 2.19. The molecule has 3 aromatic rings. The molecule has 0 spiro atoms. The summed E-state index contributed by atoms with van der Waals surface area (Å²) in [5.41, 5.74) is 2.55. The van der Waals surface area contributed by atoms with E-state index in [1.54, 1.807) is 4.52 Å². The topological polar surface area (TPSA) is 60.2 Å². The Morgan fingerprint density at radius 3 is 2.61 bits per heavy atom. The highest BCUT2D eigenvalue weighted by Crippen LogP contribution is 2.24. The molecule has 0 N–H and O–H groups in total. The molecule has 5 nitrogen and oxygen atoms in total. The van der Waals surface area contributed by atoms with E-state index in [1.165, 1.54) is 11.8 Å². The quantitative estimate of drug-likeness (QED) is 0.499. The highest BCUT2D eigenvalue weighted by atomic mass is 79.9. The maximum Gasteiger partial charge on any atom is 0.253 e. The molecule has 0 aliphatic carbocycles.